The maximum absolute atomic E-state index is 13.1. The molecule has 0 aromatic heterocycles. The molecular weight excluding hydrogens is 350 g/mol. The van der Waals surface area contributed by atoms with Gasteiger partial charge in [-0.1, -0.05) is 25.5 Å². The van der Waals surface area contributed by atoms with Gasteiger partial charge in [0, 0.05) is 18.4 Å². The Morgan fingerprint density at radius 3 is 2.57 bits per heavy atom. The molecule has 0 bridgehead atoms. The van der Waals surface area contributed by atoms with Crippen molar-refractivity contribution in [1.29, 1.82) is 0 Å². The molecule has 4 aliphatic carbocycles. The third-order valence-electron chi connectivity index (χ3n) is 9.48. The number of fused-ring (bicyclic) bond motifs is 5. The number of rotatable bonds is 4. The van der Waals surface area contributed by atoms with Crippen LogP contribution in [0.3, 0.4) is 0 Å². The predicted molar refractivity (Wildman–Crippen MR) is 111 cm³/mol. The summed E-state index contributed by atoms with van der Waals surface area (Å²) in [4.78, 5) is 15.1. The first-order valence-corrected chi connectivity index (χ1v) is 11.4. The summed E-state index contributed by atoms with van der Waals surface area (Å²) in [5.41, 5.74) is 0.255. The van der Waals surface area contributed by atoms with E-state index in [4.69, 9.17) is 0 Å². The third-order valence-corrected chi connectivity index (χ3v) is 9.48. The first kappa shape index (κ1) is 20.6. The molecule has 7 unspecified atom stereocenters. The molecule has 0 amide bonds. The van der Waals surface area contributed by atoms with E-state index < -0.39 is 5.60 Å². The van der Waals surface area contributed by atoms with Crippen molar-refractivity contribution in [3.63, 3.8) is 0 Å². The Labute approximate surface area is 170 Å². The molecule has 28 heavy (non-hydrogen) atoms. The lowest BCUT2D eigenvalue weighted by Gasteiger charge is -2.58. The molecule has 0 heterocycles. The van der Waals surface area contributed by atoms with Crippen LogP contribution in [-0.4, -0.2) is 53.2 Å². The molecule has 7 atom stereocenters. The van der Waals surface area contributed by atoms with Crippen LogP contribution < -0.4 is 0 Å². The average molecular weight is 390 g/mol. The van der Waals surface area contributed by atoms with Gasteiger partial charge in [-0.15, -0.1) is 0 Å². The Morgan fingerprint density at radius 1 is 1.14 bits per heavy atom. The zero-order valence-electron chi connectivity index (χ0n) is 18.2. The maximum Gasteiger partial charge on any atom is 0.166 e. The number of hydrogen-bond acceptors (Lipinski definition) is 4. The highest BCUT2D eigenvalue weighted by molar-refractivity contribution is 5.88. The van der Waals surface area contributed by atoms with Crippen LogP contribution >= 0.6 is 0 Å². The first-order valence-electron chi connectivity index (χ1n) is 11.4. The first-order chi connectivity index (χ1) is 13.1. The van der Waals surface area contributed by atoms with Gasteiger partial charge in [-0.2, -0.15) is 0 Å². The Bertz CT molecular complexity index is 673. The van der Waals surface area contributed by atoms with Crippen LogP contribution in [0.4, 0.5) is 0 Å². The van der Waals surface area contributed by atoms with E-state index in [2.05, 4.69) is 19.9 Å². The second-order valence-electron chi connectivity index (χ2n) is 11.0. The summed E-state index contributed by atoms with van der Waals surface area (Å²) in [7, 11) is 3.96. The molecule has 2 N–H and O–H groups in total. The second kappa shape index (κ2) is 6.92. The maximum atomic E-state index is 13.1. The van der Waals surface area contributed by atoms with Crippen molar-refractivity contribution in [2.45, 2.75) is 83.3 Å². The van der Waals surface area contributed by atoms with Gasteiger partial charge in [-0.25, -0.2) is 0 Å². The molecule has 0 aromatic rings. The molecule has 4 aliphatic rings. The third kappa shape index (κ3) is 2.86. The van der Waals surface area contributed by atoms with Crippen molar-refractivity contribution in [2.24, 2.45) is 28.6 Å². The van der Waals surface area contributed by atoms with E-state index in [0.717, 1.165) is 44.9 Å². The van der Waals surface area contributed by atoms with Gasteiger partial charge in [-0.05, 0) is 88.6 Å². The largest absolute Gasteiger partial charge is 0.393 e. The summed E-state index contributed by atoms with van der Waals surface area (Å²) in [5.74, 6) is 1.69. The Balaban J connectivity index is 1.59. The van der Waals surface area contributed by atoms with Gasteiger partial charge in [0.05, 0.1) is 6.10 Å². The van der Waals surface area contributed by atoms with Gasteiger partial charge in [0.25, 0.3) is 0 Å². The van der Waals surface area contributed by atoms with Gasteiger partial charge in [0.1, 0.15) is 5.60 Å². The van der Waals surface area contributed by atoms with E-state index in [-0.39, 0.29) is 22.7 Å². The molecule has 4 nitrogen and oxygen atoms in total. The highest BCUT2D eigenvalue weighted by atomic mass is 16.3. The number of carbonyl (C=O) groups excluding carboxylic acids is 1. The lowest BCUT2D eigenvalue weighted by Crippen LogP contribution is -2.57. The quantitative estimate of drug-likeness (QED) is 0.722. The lowest BCUT2D eigenvalue weighted by atomic mass is 9.46. The molecule has 0 aromatic carbocycles. The van der Waals surface area contributed by atoms with E-state index in [1.807, 2.05) is 19.0 Å². The fourth-order valence-corrected chi connectivity index (χ4v) is 7.65. The molecule has 4 rings (SSSR count). The SMILES string of the molecule is CN(C)CCC(=O)C1(O)CCC2C3CC=C4CC(O)CCC4(C)C3CCC21C. The highest BCUT2D eigenvalue weighted by Crippen LogP contribution is 2.67. The van der Waals surface area contributed by atoms with Gasteiger partial charge < -0.3 is 15.1 Å². The van der Waals surface area contributed by atoms with Gasteiger partial charge in [-0.3, -0.25) is 4.79 Å². The Kier molecular flexibility index (Phi) is 5.08. The summed E-state index contributed by atoms with van der Waals surface area (Å²) in [6.07, 6.45) is 10.2. The monoisotopic (exact) mass is 389 g/mol. The normalized spacial score (nSPS) is 47.9. The number of aliphatic hydroxyl groups excluding tert-OH is 1. The van der Waals surface area contributed by atoms with Crippen molar-refractivity contribution in [2.75, 3.05) is 20.6 Å². The van der Waals surface area contributed by atoms with E-state index in [1.165, 1.54) is 5.57 Å². The molecule has 0 aliphatic heterocycles. The summed E-state index contributed by atoms with van der Waals surface area (Å²) in [5, 5.41) is 21.8. The number of Topliss-reactive ketones (excluding diaryl/α,β-unsaturated/α-hetero) is 1. The molecule has 4 heteroatoms. The molecular formula is C24H39NO3. The Morgan fingerprint density at radius 2 is 1.86 bits per heavy atom. The Hall–Kier alpha value is -0.710. The number of hydrogen-bond donors (Lipinski definition) is 2. The smallest absolute Gasteiger partial charge is 0.166 e. The summed E-state index contributed by atoms with van der Waals surface area (Å²) < 4.78 is 0. The van der Waals surface area contributed by atoms with Crippen LogP contribution in [0.1, 0.15) is 71.6 Å². The minimum absolute atomic E-state index is 0.0590. The molecule has 0 radical (unpaired) electrons. The molecule has 0 spiro atoms. The van der Waals surface area contributed by atoms with E-state index >= 15 is 0 Å². The fourth-order valence-electron chi connectivity index (χ4n) is 7.65. The topological polar surface area (TPSA) is 60.8 Å². The highest BCUT2D eigenvalue weighted by Gasteiger charge is 2.65. The number of allylic oxidation sites excluding steroid dienone is 1. The van der Waals surface area contributed by atoms with Gasteiger partial charge >= 0.3 is 0 Å². The number of ketones is 1. The van der Waals surface area contributed by atoms with Crippen LogP contribution in [0.25, 0.3) is 0 Å². The van der Waals surface area contributed by atoms with Crippen molar-refractivity contribution in [3.05, 3.63) is 11.6 Å². The molecule has 0 saturated heterocycles. The average Bonchev–Trinajstić information content (AvgIpc) is 2.92. The number of carbonyl (C=O) groups is 1. The van der Waals surface area contributed by atoms with Crippen molar-refractivity contribution >= 4 is 5.78 Å². The van der Waals surface area contributed by atoms with E-state index in [1.54, 1.807) is 0 Å². The van der Waals surface area contributed by atoms with Crippen LogP contribution in [-0.2, 0) is 4.79 Å². The van der Waals surface area contributed by atoms with Crippen molar-refractivity contribution in [3.8, 4) is 0 Å². The minimum Gasteiger partial charge on any atom is -0.393 e. The lowest BCUT2D eigenvalue weighted by molar-refractivity contribution is -0.161. The molecule has 158 valence electrons. The number of aliphatic hydroxyl groups is 2. The van der Waals surface area contributed by atoms with Crippen molar-refractivity contribution < 1.29 is 15.0 Å². The second-order valence-corrected chi connectivity index (χ2v) is 11.0. The summed E-state index contributed by atoms with van der Waals surface area (Å²) in [6, 6.07) is 0. The van der Waals surface area contributed by atoms with Crippen LogP contribution in [0.5, 0.6) is 0 Å². The van der Waals surface area contributed by atoms with E-state index in [0.29, 0.717) is 37.1 Å². The molecule has 3 saturated carbocycles. The number of nitrogens with zero attached hydrogens (tertiary/aromatic N) is 1. The van der Waals surface area contributed by atoms with Crippen molar-refractivity contribution in [1.82, 2.24) is 4.90 Å². The fraction of sp³-hybridized carbons (Fsp3) is 0.875. The molecule has 3 fully saturated rings. The van der Waals surface area contributed by atoms with Crippen LogP contribution in [0.2, 0.25) is 0 Å². The standard InChI is InChI=1S/C24H39NO3/c1-22-11-7-17(26)15-16(22)5-6-18-19(22)8-12-23(2)20(18)9-13-24(23,28)21(27)10-14-25(3)4/h5,17-20,26,28H,6-15H2,1-4H3. The minimum atomic E-state index is -1.15. The van der Waals surface area contributed by atoms with Gasteiger partial charge in [0.2, 0.25) is 0 Å². The summed E-state index contributed by atoms with van der Waals surface area (Å²) >= 11 is 0. The van der Waals surface area contributed by atoms with Crippen LogP contribution in [0, 0.1) is 28.6 Å². The van der Waals surface area contributed by atoms with Gasteiger partial charge in [0.15, 0.2) is 5.78 Å². The predicted octanol–water partition coefficient (Wildman–Crippen LogP) is 3.56. The zero-order valence-corrected chi connectivity index (χ0v) is 18.2. The summed E-state index contributed by atoms with van der Waals surface area (Å²) in [6.45, 7) is 5.34. The van der Waals surface area contributed by atoms with Crippen LogP contribution in [0.15, 0.2) is 11.6 Å². The van der Waals surface area contributed by atoms with E-state index in [9.17, 15) is 15.0 Å². The zero-order chi connectivity index (χ0) is 20.3.